The summed E-state index contributed by atoms with van der Waals surface area (Å²) in [6, 6.07) is 0. The Morgan fingerprint density at radius 3 is 2.33 bits per heavy atom. The van der Waals surface area contributed by atoms with Gasteiger partial charge in [0.1, 0.15) is 5.78 Å². The second kappa shape index (κ2) is 2.01. The smallest absolute Gasteiger partial charge is 0.146 e. The average molecular weight is 144 g/mol. The van der Waals surface area contributed by atoms with Gasteiger partial charge in [0.2, 0.25) is 0 Å². The highest BCUT2D eigenvalue weighted by molar-refractivity contribution is 8.02. The van der Waals surface area contributed by atoms with Crippen molar-refractivity contribution in [3.8, 4) is 0 Å². The molecule has 1 aliphatic rings. The molecule has 1 unspecified atom stereocenters. The zero-order chi connectivity index (χ0) is 7.07. The minimum Gasteiger partial charge on any atom is -0.298 e. The Bertz CT molecular complexity index is 140. The van der Waals surface area contributed by atoms with Crippen LogP contribution in [0.3, 0.4) is 0 Å². The minimum absolute atomic E-state index is 0.205. The van der Waals surface area contributed by atoms with Crippen LogP contribution in [-0.4, -0.2) is 15.8 Å². The van der Waals surface area contributed by atoms with Crippen LogP contribution >= 0.6 is 11.8 Å². The molecule has 1 rings (SSSR count). The molecule has 1 fully saturated rings. The third-order valence-corrected chi connectivity index (χ3v) is 2.95. The SMILES string of the molecule is CC1SC(C)(C)CC1=O. The predicted molar refractivity (Wildman–Crippen MR) is 40.8 cm³/mol. The summed E-state index contributed by atoms with van der Waals surface area (Å²) in [4.78, 5) is 11.0. The van der Waals surface area contributed by atoms with Crippen molar-refractivity contribution >= 4 is 17.5 Å². The number of Topliss-reactive ketones (excluding diaryl/α,β-unsaturated/α-hetero) is 1. The number of hydrogen-bond acceptors (Lipinski definition) is 2. The molecule has 0 aromatic heterocycles. The first-order valence-electron chi connectivity index (χ1n) is 3.22. The van der Waals surface area contributed by atoms with E-state index >= 15 is 0 Å². The van der Waals surface area contributed by atoms with Gasteiger partial charge in [-0.05, 0) is 6.92 Å². The highest BCUT2D eigenvalue weighted by atomic mass is 32.2. The number of thioether (sulfide) groups is 1. The zero-order valence-corrected chi connectivity index (χ0v) is 6.92. The molecule has 1 nitrogen and oxygen atoms in total. The Morgan fingerprint density at radius 1 is 1.67 bits per heavy atom. The van der Waals surface area contributed by atoms with Gasteiger partial charge in [-0.25, -0.2) is 0 Å². The molecule has 9 heavy (non-hydrogen) atoms. The number of ketones is 1. The van der Waals surface area contributed by atoms with Gasteiger partial charge in [-0.2, -0.15) is 0 Å². The summed E-state index contributed by atoms with van der Waals surface area (Å²) in [6.07, 6.45) is 0.749. The summed E-state index contributed by atoms with van der Waals surface area (Å²) in [6.45, 7) is 6.24. The molecule has 1 atom stereocenters. The molecular formula is C7H12OS. The maximum atomic E-state index is 11.0. The van der Waals surface area contributed by atoms with Gasteiger partial charge >= 0.3 is 0 Å². The van der Waals surface area contributed by atoms with Crippen LogP contribution in [0.25, 0.3) is 0 Å². The molecule has 0 radical (unpaired) electrons. The first-order chi connectivity index (χ1) is 4.01. The second-order valence-corrected chi connectivity index (χ2v) is 5.21. The summed E-state index contributed by atoms with van der Waals surface area (Å²) >= 11 is 1.78. The summed E-state index contributed by atoms with van der Waals surface area (Å²) in [5, 5.41) is 0.236. The van der Waals surface area contributed by atoms with Crippen LogP contribution in [0.15, 0.2) is 0 Å². The topological polar surface area (TPSA) is 17.1 Å². The van der Waals surface area contributed by atoms with Crippen molar-refractivity contribution < 1.29 is 4.79 Å². The van der Waals surface area contributed by atoms with E-state index in [-0.39, 0.29) is 10.00 Å². The fraction of sp³-hybridized carbons (Fsp3) is 0.857. The lowest BCUT2D eigenvalue weighted by atomic mass is 10.1. The average Bonchev–Trinajstić information content (AvgIpc) is 1.79. The van der Waals surface area contributed by atoms with Crippen molar-refractivity contribution in [2.24, 2.45) is 0 Å². The lowest BCUT2D eigenvalue weighted by Crippen LogP contribution is -2.09. The van der Waals surface area contributed by atoms with E-state index < -0.39 is 0 Å². The highest BCUT2D eigenvalue weighted by Gasteiger charge is 2.35. The molecule has 2 heteroatoms. The Morgan fingerprint density at radius 2 is 2.22 bits per heavy atom. The lowest BCUT2D eigenvalue weighted by molar-refractivity contribution is -0.117. The van der Waals surface area contributed by atoms with Crippen LogP contribution in [0, 0.1) is 0 Å². The number of hydrogen-bond donors (Lipinski definition) is 0. The second-order valence-electron chi connectivity index (χ2n) is 3.16. The first-order valence-corrected chi connectivity index (χ1v) is 4.10. The van der Waals surface area contributed by atoms with Crippen molar-refractivity contribution in [2.75, 3.05) is 0 Å². The maximum absolute atomic E-state index is 11.0. The third kappa shape index (κ3) is 1.48. The molecule has 1 heterocycles. The van der Waals surface area contributed by atoms with Crippen LogP contribution in [-0.2, 0) is 4.79 Å². The molecular weight excluding hydrogens is 132 g/mol. The van der Waals surface area contributed by atoms with E-state index in [9.17, 15) is 4.79 Å². The van der Waals surface area contributed by atoms with Gasteiger partial charge in [-0.1, -0.05) is 13.8 Å². The van der Waals surface area contributed by atoms with E-state index in [4.69, 9.17) is 0 Å². The molecule has 1 aliphatic heterocycles. The van der Waals surface area contributed by atoms with Crippen molar-refractivity contribution in [3.63, 3.8) is 0 Å². The Kier molecular flexibility index (Phi) is 1.59. The molecule has 0 aromatic carbocycles. The molecule has 0 spiro atoms. The third-order valence-electron chi connectivity index (χ3n) is 1.55. The summed E-state index contributed by atoms with van der Waals surface area (Å²) in [5.74, 6) is 0.407. The monoisotopic (exact) mass is 144 g/mol. The highest BCUT2D eigenvalue weighted by Crippen LogP contribution is 2.39. The standard InChI is InChI=1S/C7H12OS/c1-5-6(8)4-7(2,3)9-5/h5H,4H2,1-3H3. The molecule has 0 bridgehead atoms. The van der Waals surface area contributed by atoms with E-state index in [2.05, 4.69) is 13.8 Å². The van der Waals surface area contributed by atoms with Gasteiger partial charge in [-0.15, -0.1) is 11.8 Å². The fourth-order valence-electron chi connectivity index (χ4n) is 1.15. The van der Waals surface area contributed by atoms with Gasteiger partial charge in [-0.3, -0.25) is 4.79 Å². The van der Waals surface area contributed by atoms with Gasteiger partial charge < -0.3 is 0 Å². The van der Waals surface area contributed by atoms with Crippen molar-refractivity contribution in [2.45, 2.75) is 37.2 Å². The van der Waals surface area contributed by atoms with E-state index in [0.717, 1.165) is 6.42 Å². The molecule has 0 saturated carbocycles. The Balaban J connectivity index is 2.65. The normalized spacial score (nSPS) is 33.2. The summed E-state index contributed by atoms with van der Waals surface area (Å²) in [5.41, 5.74) is 0. The molecule has 0 aromatic rings. The van der Waals surface area contributed by atoms with E-state index in [0.29, 0.717) is 5.78 Å². The van der Waals surface area contributed by atoms with E-state index in [1.54, 1.807) is 11.8 Å². The van der Waals surface area contributed by atoms with Crippen LogP contribution in [0.2, 0.25) is 0 Å². The first kappa shape index (κ1) is 7.13. The van der Waals surface area contributed by atoms with Crippen molar-refractivity contribution in [1.82, 2.24) is 0 Å². The van der Waals surface area contributed by atoms with Crippen molar-refractivity contribution in [1.29, 1.82) is 0 Å². The van der Waals surface area contributed by atoms with Gasteiger partial charge in [0.15, 0.2) is 0 Å². The zero-order valence-electron chi connectivity index (χ0n) is 6.10. The summed E-state index contributed by atoms with van der Waals surface area (Å²) < 4.78 is 0.205. The quantitative estimate of drug-likeness (QED) is 0.516. The Hall–Kier alpha value is 0.0200. The number of carbonyl (C=O) groups excluding carboxylic acids is 1. The van der Waals surface area contributed by atoms with E-state index in [1.165, 1.54) is 0 Å². The molecule has 1 saturated heterocycles. The molecule has 0 aliphatic carbocycles. The fourth-order valence-corrected chi connectivity index (χ4v) is 2.55. The maximum Gasteiger partial charge on any atom is 0.146 e. The van der Waals surface area contributed by atoms with Crippen LogP contribution < -0.4 is 0 Å². The van der Waals surface area contributed by atoms with Crippen LogP contribution in [0.1, 0.15) is 27.2 Å². The minimum atomic E-state index is 0.205. The summed E-state index contributed by atoms with van der Waals surface area (Å²) in [7, 11) is 0. The lowest BCUT2D eigenvalue weighted by Gasteiger charge is -2.13. The Labute approximate surface area is 60.2 Å². The van der Waals surface area contributed by atoms with Gasteiger partial charge in [0.05, 0.1) is 5.25 Å². The predicted octanol–water partition coefficient (Wildman–Crippen LogP) is 1.86. The van der Waals surface area contributed by atoms with E-state index in [1.807, 2.05) is 6.92 Å². The molecule has 0 N–H and O–H groups in total. The molecule has 0 amide bonds. The largest absolute Gasteiger partial charge is 0.298 e. The van der Waals surface area contributed by atoms with Crippen LogP contribution in [0.4, 0.5) is 0 Å². The molecule has 52 valence electrons. The van der Waals surface area contributed by atoms with Gasteiger partial charge in [0.25, 0.3) is 0 Å². The van der Waals surface area contributed by atoms with Crippen LogP contribution in [0.5, 0.6) is 0 Å². The van der Waals surface area contributed by atoms with Gasteiger partial charge in [0, 0.05) is 11.2 Å². The number of rotatable bonds is 0. The number of carbonyl (C=O) groups is 1. The van der Waals surface area contributed by atoms with Crippen molar-refractivity contribution in [3.05, 3.63) is 0 Å².